The second-order valence-electron chi connectivity index (χ2n) is 4.27. The second-order valence-corrected chi connectivity index (χ2v) is 4.27. The number of carboxylic acids is 1. The van der Waals surface area contributed by atoms with Crippen LogP contribution >= 0.6 is 0 Å². The number of allylic oxidation sites excluding steroid dienone is 2. The number of aliphatic hydroxyl groups excluding tert-OH is 1. The summed E-state index contributed by atoms with van der Waals surface area (Å²) in [6, 6.07) is 0. The smallest absolute Gasteiger partial charge is 0.0920 e. The lowest BCUT2D eigenvalue weighted by molar-refractivity contribution is -0.307. The van der Waals surface area contributed by atoms with E-state index in [1.54, 1.807) is 0 Å². The molecule has 0 aliphatic heterocycles. The van der Waals surface area contributed by atoms with Crippen LogP contribution in [0.1, 0.15) is 33.6 Å². The van der Waals surface area contributed by atoms with Crippen molar-refractivity contribution >= 4 is 5.97 Å². The molecule has 13 heavy (non-hydrogen) atoms. The fraction of sp³-hybridized carbons (Fsp3) is 0.700. The molecule has 0 fully saturated rings. The molecule has 1 N–H and O–H groups in total. The van der Waals surface area contributed by atoms with Gasteiger partial charge in [-0.25, -0.2) is 0 Å². The number of carbonyl (C=O) groups excluding carboxylic acids is 1. The highest BCUT2D eigenvalue weighted by molar-refractivity contribution is 5.65. The average Bonchev–Trinajstić information content (AvgIpc) is 2.15. The van der Waals surface area contributed by atoms with Gasteiger partial charge >= 0.3 is 0 Å². The molecule has 0 heterocycles. The summed E-state index contributed by atoms with van der Waals surface area (Å²) in [7, 11) is 0. The van der Waals surface area contributed by atoms with Crippen LogP contribution in [0.3, 0.4) is 0 Å². The molecule has 0 spiro atoms. The Kier molecular flexibility index (Phi) is 2.37. The van der Waals surface area contributed by atoms with Crippen molar-refractivity contribution in [1.29, 1.82) is 0 Å². The largest absolute Gasteiger partial charge is 0.550 e. The molecule has 0 aromatic heterocycles. The first-order valence-electron chi connectivity index (χ1n) is 4.44. The van der Waals surface area contributed by atoms with Crippen LogP contribution in [0.4, 0.5) is 0 Å². The molecule has 0 aromatic rings. The van der Waals surface area contributed by atoms with Crippen LogP contribution in [0.25, 0.3) is 0 Å². The van der Waals surface area contributed by atoms with Crippen molar-refractivity contribution in [3.63, 3.8) is 0 Å². The van der Waals surface area contributed by atoms with Gasteiger partial charge < -0.3 is 15.0 Å². The van der Waals surface area contributed by atoms with Crippen molar-refractivity contribution in [3.8, 4) is 0 Å². The number of hydrogen-bond donors (Lipinski definition) is 1. The van der Waals surface area contributed by atoms with Gasteiger partial charge in [0, 0.05) is 12.4 Å². The minimum atomic E-state index is -1.04. The van der Waals surface area contributed by atoms with Gasteiger partial charge in [0.2, 0.25) is 0 Å². The summed E-state index contributed by atoms with van der Waals surface area (Å²) in [5.41, 5.74) is 0.684. The highest BCUT2D eigenvalue weighted by Gasteiger charge is 2.39. The molecule has 3 heteroatoms. The van der Waals surface area contributed by atoms with E-state index in [9.17, 15) is 15.0 Å². The lowest BCUT2D eigenvalue weighted by atomic mass is 9.76. The molecule has 3 nitrogen and oxygen atoms in total. The Labute approximate surface area is 78.1 Å². The molecular formula is C10H15O3-. The summed E-state index contributed by atoms with van der Waals surface area (Å²) in [6.45, 7) is 5.77. The summed E-state index contributed by atoms with van der Waals surface area (Å²) >= 11 is 0. The van der Waals surface area contributed by atoms with Crippen LogP contribution in [0.5, 0.6) is 0 Å². The molecule has 1 aliphatic carbocycles. The predicted molar refractivity (Wildman–Crippen MR) is 46.8 cm³/mol. The minimum absolute atomic E-state index is 0.0222. The molecule has 1 aliphatic rings. The maximum Gasteiger partial charge on any atom is 0.0920 e. The van der Waals surface area contributed by atoms with E-state index in [0.29, 0.717) is 12.2 Å². The minimum Gasteiger partial charge on any atom is -0.550 e. The summed E-state index contributed by atoms with van der Waals surface area (Å²) in [5.74, 6) is -0.727. The van der Waals surface area contributed by atoms with Crippen LogP contribution in [-0.4, -0.2) is 11.1 Å². The third kappa shape index (κ3) is 1.69. The second kappa shape index (κ2) is 3.05. The summed E-state index contributed by atoms with van der Waals surface area (Å²) in [6.07, 6.45) is 0.487. The SMILES string of the molecule is CC1=C(O)C[C@@H](CC(=O)[O-])C1(C)C. The Morgan fingerprint density at radius 1 is 1.69 bits per heavy atom. The maximum absolute atomic E-state index is 10.4. The molecule has 0 saturated heterocycles. The fourth-order valence-corrected chi connectivity index (χ4v) is 1.85. The van der Waals surface area contributed by atoms with E-state index in [-0.39, 0.29) is 17.8 Å². The molecule has 0 radical (unpaired) electrons. The van der Waals surface area contributed by atoms with Gasteiger partial charge in [0.05, 0.1) is 5.76 Å². The Morgan fingerprint density at radius 3 is 2.54 bits per heavy atom. The maximum atomic E-state index is 10.4. The zero-order chi connectivity index (χ0) is 10.2. The van der Waals surface area contributed by atoms with Crippen LogP contribution < -0.4 is 5.11 Å². The average molecular weight is 183 g/mol. The number of carbonyl (C=O) groups is 1. The third-order valence-electron chi connectivity index (χ3n) is 3.27. The first kappa shape index (κ1) is 10.1. The highest BCUT2D eigenvalue weighted by Crippen LogP contribution is 2.47. The monoisotopic (exact) mass is 183 g/mol. The van der Waals surface area contributed by atoms with Gasteiger partial charge in [-0.1, -0.05) is 13.8 Å². The molecule has 0 amide bonds. The number of aliphatic carboxylic acids is 1. The van der Waals surface area contributed by atoms with E-state index in [0.717, 1.165) is 5.57 Å². The Hall–Kier alpha value is -0.990. The molecule has 74 valence electrons. The molecule has 0 bridgehead atoms. The van der Waals surface area contributed by atoms with Gasteiger partial charge in [0.1, 0.15) is 0 Å². The van der Waals surface area contributed by atoms with Gasteiger partial charge in [-0.15, -0.1) is 0 Å². The quantitative estimate of drug-likeness (QED) is 0.694. The van der Waals surface area contributed by atoms with Gasteiger partial charge in [-0.3, -0.25) is 0 Å². The van der Waals surface area contributed by atoms with E-state index in [4.69, 9.17) is 0 Å². The fourth-order valence-electron chi connectivity index (χ4n) is 1.85. The molecular weight excluding hydrogens is 168 g/mol. The van der Waals surface area contributed by atoms with Crippen LogP contribution in [0.15, 0.2) is 11.3 Å². The van der Waals surface area contributed by atoms with Gasteiger partial charge in [0.15, 0.2) is 0 Å². The highest BCUT2D eigenvalue weighted by atomic mass is 16.4. The van der Waals surface area contributed by atoms with Crippen molar-refractivity contribution in [2.24, 2.45) is 11.3 Å². The normalized spacial score (nSPS) is 26.5. The van der Waals surface area contributed by atoms with Gasteiger partial charge in [-0.05, 0) is 30.3 Å². The van der Waals surface area contributed by atoms with E-state index in [1.165, 1.54) is 0 Å². The van der Waals surface area contributed by atoms with Crippen molar-refractivity contribution in [3.05, 3.63) is 11.3 Å². The van der Waals surface area contributed by atoms with Crippen molar-refractivity contribution < 1.29 is 15.0 Å². The lowest BCUT2D eigenvalue weighted by Crippen LogP contribution is -2.30. The first-order chi connectivity index (χ1) is 5.85. The van der Waals surface area contributed by atoms with Crippen molar-refractivity contribution in [2.75, 3.05) is 0 Å². The van der Waals surface area contributed by atoms with Crippen molar-refractivity contribution in [2.45, 2.75) is 33.6 Å². The van der Waals surface area contributed by atoms with Crippen LogP contribution in [-0.2, 0) is 4.79 Å². The first-order valence-corrected chi connectivity index (χ1v) is 4.44. The third-order valence-corrected chi connectivity index (χ3v) is 3.27. The Morgan fingerprint density at radius 2 is 2.23 bits per heavy atom. The standard InChI is InChI=1S/C10H16O3/c1-6-8(11)4-7(5-9(12)13)10(6,2)3/h7,11H,4-5H2,1-3H3,(H,12,13)/p-1/t7-/m0/s1. The van der Waals surface area contributed by atoms with E-state index >= 15 is 0 Å². The number of rotatable bonds is 2. The predicted octanol–water partition coefficient (Wildman–Crippen LogP) is 1.00. The molecule has 1 rings (SSSR count). The number of aliphatic hydroxyl groups is 1. The summed E-state index contributed by atoms with van der Waals surface area (Å²) < 4.78 is 0. The Bertz CT molecular complexity index is 263. The molecule has 1 atom stereocenters. The summed E-state index contributed by atoms with van der Waals surface area (Å²) in [5, 5.41) is 19.9. The zero-order valence-electron chi connectivity index (χ0n) is 8.26. The van der Waals surface area contributed by atoms with E-state index in [2.05, 4.69) is 0 Å². The molecule has 0 unspecified atom stereocenters. The van der Waals surface area contributed by atoms with Gasteiger partial charge in [-0.2, -0.15) is 0 Å². The van der Waals surface area contributed by atoms with E-state index < -0.39 is 5.97 Å². The van der Waals surface area contributed by atoms with E-state index in [1.807, 2.05) is 20.8 Å². The van der Waals surface area contributed by atoms with Crippen LogP contribution in [0, 0.1) is 11.3 Å². The molecule has 0 saturated carbocycles. The number of hydrogen-bond acceptors (Lipinski definition) is 3. The van der Waals surface area contributed by atoms with Gasteiger partial charge in [0.25, 0.3) is 0 Å². The van der Waals surface area contributed by atoms with Crippen molar-refractivity contribution in [1.82, 2.24) is 0 Å². The molecule has 0 aromatic carbocycles. The topological polar surface area (TPSA) is 60.4 Å². The summed E-state index contributed by atoms with van der Waals surface area (Å²) in [4.78, 5) is 10.4. The zero-order valence-corrected chi connectivity index (χ0v) is 8.26. The number of carboxylic acid groups (broad SMARTS) is 1. The Balaban J connectivity index is 2.80. The van der Waals surface area contributed by atoms with Crippen LogP contribution in [0.2, 0.25) is 0 Å². The lowest BCUT2D eigenvalue weighted by Gasteiger charge is -2.29.